The average Bonchev–Trinajstić information content (AvgIpc) is 3.39. The van der Waals surface area contributed by atoms with Crippen LogP contribution in [-0.2, 0) is 0 Å². The predicted octanol–water partition coefficient (Wildman–Crippen LogP) is 1.37. The molecule has 28 heavy (non-hydrogen) atoms. The molecule has 2 fully saturated rings. The molecule has 144 valence electrons. The van der Waals surface area contributed by atoms with Crippen LogP contribution in [0.1, 0.15) is 46.5 Å². The molecule has 9 heteroatoms. The van der Waals surface area contributed by atoms with Gasteiger partial charge in [0.2, 0.25) is 5.82 Å². The number of carbonyl (C=O) groups excluding carboxylic acids is 1. The zero-order chi connectivity index (χ0) is 19.4. The quantitative estimate of drug-likeness (QED) is 0.677. The van der Waals surface area contributed by atoms with Crippen LogP contribution in [-0.4, -0.2) is 66.8 Å². The minimum absolute atomic E-state index is 0.0970. The fourth-order valence-electron chi connectivity index (χ4n) is 3.57. The molecule has 3 aromatic rings. The predicted molar refractivity (Wildman–Crippen MR) is 102 cm³/mol. The molecular weight excluding hydrogens is 356 g/mol. The molecule has 0 radical (unpaired) electrons. The Kier molecular flexibility index (Phi) is 3.78. The van der Waals surface area contributed by atoms with Crippen molar-refractivity contribution in [3.63, 3.8) is 0 Å². The number of hydrogen-bond acceptors (Lipinski definition) is 7. The molecule has 1 amide bonds. The van der Waals surface area contributed by atoms with Gasteiger partial charge in [-0.25, -0.2) is 9.50 Å². The number of carbonyl (C=O) groups is 1. The van der Waals surface area contributed by atoms with E-state index in [4.69, 9.17) is 0 Å². The van der Waals surface area contributed by atoms with Gasteiger partial charge >= 0.3 is 0 Å². The van der Waals surface area contributed by atoms with Gasteiger partial charge in [0.25, 0.3) is 11.7 Å². The first-order chi connectivity index (χ1) is 13.5. The maximum Gasteiger partial charge on any atom is 0.293 e. The van der Waals surface area contributed by atoms with E-state index in [0.29, 0.717) is 11.7 Å². The molecule has 4 heterocycles. The van der Waals surface area contributed by atoms with Gasteiger partial charge in [0.15, 0.2) is 5.82 Å². The summed E-state index contributed by atoms with van der Waals surface area (Å²) in [6.07, 6.45) is 2.44. The van der Waals surface area contributed by atoms with Gasteiger partial charge in [0.05, 0.1) is 11.7 Å². The van der Waals surface area contributed by atoms with Gasteiger partial charge in [0, 0.05) is 37.4 Å². The van der Waals surface area contributed by atoms with Gasteiger partial charge in [-0.2, -0.15) is 10.1 Å². The SMILES string of the molecule is Cc1cc(C)n2nc(C(=O)N(C)C3CN(c4ccc(C5CC5)nn4)C3)nc2n1. The number of likely N-dealkylation sites (N-methyl/N-ethyl adjacent to an activating group) is 1. The van der Waals surface area contributed by atoms with E-state index in [9.17, 15) is 4.79 Å². The van der Waals surface area contributed by atoms with Crippen molar-refractivity contribution in [1.29, 1.82) is 0 Å². The van der Waals surface area contributed by atoms with Crippen LogP contribution in [0.2, 0.25) is 0 Å². The summed E-state index contributed by atoms with van der Waals surface area (Å²) in [5.74, 6) is 1.91. The van der Waals surface area contributed by atoms with E-state index in [0.717, 1.165) is 36.0 Å². The normalized spacial score (nSPS) is 17.0. The first-order valence-electron chi connectivity index (χ1n) is 9.56. The Morgan fingerprint density at radius 2 is 1.93 bits per heavy atom. The van der Waals surface area contributed by atoms with E-state index < -0.39 is 0 Å². The second-order valence-electron chi connectivity index (χ2n) is 7.75. The first kappa shape index (κ1) is 17.0. The zero-order valence-corrected chi connectivity index (χ0v) is 16.2. The third kappa shape index (κ3) is 2.87. The van der Waals surface area contributed by atoms with Crippen LogP contribution < -0.4 is 4.90 Å². The van der Waals surface area contributed by atoms with Crippen molar-refractivity contribution < 1.29 is 4.79 Å². The highest BCUT2D eigenvalue weighted by atomic mass is 16.2. The Morgan fingerprint density at radius 1 is 1.14 bits per heavy atom. The maximum atomic E-state index is 12.8. The van der Waals surface area contributed by atoms with E-state index in [1.54, 1.807) is 16.5 Å². The third-order valence-corrected chi connectivity index (χ3v) is 5.53. The molecule has 2 aliphatic rings. The molecule has 5 rings (SSSR count). The van der Waals surface area contributed by atoms with E-state index in [-0.39, 0.29) is 17.8 Å². The summed E-state index contributed by atoms with van der Waals surface area (Å²) in [5.41, 5.74) is 2.85. The van der Waals surface area contributed by atoms with Crippen LogP contribution in [0.4, 0.5) is 5.82 Å². The summed E-state index contributed by atoms with van der Waals surface area (Å²) in [6.45, 7) is 5.28. The summed E-state index contributed by atoms with van der Waals surface area (Å²) in [6, 6.07) is 6.11. The van der Waals surface area contributed by atoms with Gasteiger partial charge < -0.3 is 9.80 Å². The Hall–Kier alpha value is -3.10. The van der Waals surface area contributed by atoms with E-state index in [2.05, 4.69) is 36.2 Å². The maximum absolute atomic E-state index is 12.8. The van der Waals surface area contributed by atoms with Gasteiger partial charge in [-0.05, 0) is 44.9 Å². The van der Waals surface area contributed by atoms with Crippen LogP contribution >= 0.6 is 0 Å². The van der Waals surface area contributed by atoms with E-state index in [1.165, 1.54) is 12.8 Å². The summed E-state index contributed by atoms with van der Waals surface area (Å²) >= 11 is 0. The lowest BCUT2D eigenvalue weighted by Gasteiger charge is -2.44. The number of aryl methyl sites for hydroxylation is 2. The molecule has 3 aromatic heterocycles. The molecule has 0 aromatic carbocycles. The highest BCUT2D eigenvalue weighted by Crippen LogP contribution is 2.38. The second-order valence-corrected chi connectivity index (χ2v) is 7.75. The van der Waals surface area contributed by atoms with Crippen molar-refractivity contribution in [2.24, 2.45) is 0 Å². The second kappa shape index (κ2) is 6.22. The minimum Gasteiger partial charge on any atom is -0.351 e. The number of rotatable bonds is 4. The molecule has 1 aliphatic carbocycles. The number of amides is 1. The zero-order valence-electron chi connectivity index (χ0n) is 16.2. The molecule has 0 spiro atoms. The van der Waals surface area contributed by atoms with Gasteiger partial charge in [0.1, 0.15) is 0 Å². The van der Waals surface area contributed by atoms with Gasteiger partial charge in [-0.15, -0.1) is 10.2 Å². The molecule has 9 nitrogen and oxygen atoms in total. The standard InChI is InChI=1S/C19H22N8O/c1-11-8-12(2)27-19(20-11)21-17(24-27)18(28)25(3)14-9-26(10-14)16-7-6-15(22-23-16)13-4-5-13/h6-8,13-14H,4-5,9-10H2,1-3H3. The van der Waals surface area contributed by atoms with Crippen molar-refractivity contribution in [2.75, 3.05) is 25.0 Å². The first-order valence-corrected chi connectivity index (χ1v) is 9.56. The highest BCUT2D eigenvalue weighted by Gasteiger charge is 2.35. The highest BCUT2D eigenvalue weighted by molar-refractivity contribution is 5.91. The molecule has 0 unspecified atom stereocenters. The Balaban J connectivity index is 1.26. The molecule has 1 saturated heterocycles. The number of fused-ring (bicyclic) bond motifs is 1. The van der Waals surface area contributed by atoms with E-state index in [1.807, 2.05) is 26.0 Å². The fourth-order valence-corrected chi connectivity index (χ4v) is 3.57. The Bertz CT molecular complexity index is 1050. The number of aromatic nitrogens is 6. The molecule has 1 aliphatic heterocycles. The lowest BCUT2D eigenvalue weighted by Crippen LogP contribution is -2.60. The number of anilines is 1. The monoisotopic (exact) mass is 378 g/mol. The fraction of sp³-hybridized carbons (Fsp3) is 0.474. The lowest BCUT2D eigenvalue weighted by molar-refractivity contribution is 0.0693. The molecule has 0 N–H and O–H groups in total. The van der Waals surface area contributed by atoms with Crippen molar-refractivity contribution in [3.05, 3.63) is 41.1 Å². The van der Waals surface area contributed by atoms with Crippen LogP contribution in [0.5, 0.6) is 0 Å². The van der Waals surface area contributed by atoms with Crippen molar-refractivity contribution in [1.82, 2.24) is 34.7 Å². The number of nitrogens with zero attached hydrogens (tertiary/aromatic N) is 8. The Morgan fingerprint density at radius 3 is 2.61 bits per heavy atom. The summed E-state index contributed by atoms with van der Waals surface area (Å²) in [7, 11) is 1.80. The van der Waals surface area contributed by atoms with Crippen LogP contribution in [0, 0.1) is 13.8 Å². The minimum atomic E-state index is -0.192. The topological polar surface area (TPSA) is 92.4 Å². The summed E-state index contributed by atoms with van der Waals surface area (Å²) in [4.78, 5) is 25.3. The third-order valence-electron chi connectivity index (χ3n) is 5.53. The largest absolute Gasteiger partial charge is 0.351 e. The van der Waals surface area contributed by atoms with Crippen LogP contribution in [0.15, 0.2) is 18.2 Å². The van der Waals surface area contributed by atoms with Crippen molar-refractivity contribution in [3.8, 4) is 0 Å². The average molecular weight is 378 g/mol. The molecule has 0 atom stereocenters. The summed E-state index contributed by atoms with van der Waals surface area (Å²) in [5, 5.41) is 13.0. The van der Waals surface area contributed by atoms with E-state index >= 15 is 0 Å². The van der Waals surface area contributed by atoms with Gasteiger partial charge in [-0.1, -0.05) is 0 Å². The van der Waals surface area contributed by atoms with Crippen LogP contribution in [0.25, 0.3) is 5.78 Å². The lowest BCUT2D eigenvalue weighted by atomic mass is 10.1. The molecular formula is C19H22N8O. The number of hydrogen-bond donors (Lipinski definition) is 0. The van der Waals surface area contributed by atoms with Crippen molar-refractivity contribution in [2.45, 2.75) is 38.6 Å². The van der Waals surface area contributed by atoms with Crippen molar-refractivity contribution >= 4 is 17.5 Å². The Labute approximate surface area is 162 Å². The molecule has 0 bridgehead atoms. The smallest absolute Gasteiger partial charge is 0.293 e. The van der Waals surface area contributed by atoms with Crippen LogP contribution in [0.3, 0.4) is 0 Å². The summed E-state index contributed by atoms with van der Waals surface area (Å²) < 4.78 is 1.61. The molecule has 1 saturated carbocycles. The van der Waals surface area contributed by atoms with Gasteiger partial charge in [-0.3, -0.25) is 4.79 Å².